The first-order valence-electron chi connectivity index (χ1n) is 9.23. The molecule has 2 N–H and O–H groups in total. The van der Waals surface area contributed by atoms with Gasteiger partial charge in [0, 0.05) is 38.6 Å². The van der Waals surface area contributed by atoms with E-state index in [1.807, 2.05) is 13.8 Å². The van der Waals surface area contributed by atoms with Gasteiger partial charge in [-0.1, -0.05) is 0 Å². The van der Waals surface area contributed by atoms with Gasteiger partial charge in [-0.3, -0.25) is 0 Å². The highest BCUT2D eigenvalue weighted by molar-refractivity contribution is 5.62. The second-order valence-corrected chi connectivity index (χ2v) is 7.33. The summed E-state index contributed by atoms with van der Waals surface area (Å²) in [5, 5.41) is 19.6. The quantitative estimate of drug-likeness (QED) is 0.873. The topological polar surface area (TPSA) is 72.7 Å². The molecule has 1 aromatic rings. The molecule has 2 atom stereocenters. The number of nitrogens with zero attached hydrogens (tertiary/aromatic N) is 4. The lowest BCUT2D eigenvalue weighted by molar-refractivity contribution is 0.109. The number of aliphatic hydroxyl groups is 2. The summed E-state index contributed by atoms with van der Waals surface area (Å²) < 4.78 is 0. The predicted molar refractivity (Wildman–Crippen MR) is 95.3 cm³/mol. The molecule has 0 aliphatic carbocycles. The number of rotatable bonds is 4. The first kappa shape index (κ1) is 17.4. The van der Waals surface area contributed by atoms with Crippen LogP contribution in [0.5, 0.6) is 0 Å². The lowest BCUT2D eigenvalue weighted by atomic mass is 9.91. The molecule has 6 nitrogen and oxygen atoms in total. The molecule has 0 aromatic carbocycles. The second-order valence-electron chi connectivity index (χ2n) is 7.33. The Labute approximate surface area is 144 Å². The Kier molecular flexibility index (Phi) is 5.56. The Morgan fingerprint density at radius 1 is 0.792 bits per heavy atom. The zero-order chi connectivity index (χ0) is 17.1. The predicted octanol–water partition coefficient (Wildman–Crippen LogP) is 1.67. The van der Waals surface area contributed by atoms with Gasteiger partial charge in [0.15, 0.2) is 11.6 Å². The van der Waals surface area contributed by atoms with Crippen molar-refractivity contribution in [3.8, 4) is 0 Å². The summed E-state index contributed by atoms with van der Waals surface area (Å²) in [6.45, 7) is 7.47. The van der Waals surface area contributed by atoms with Crippen LogP contribution < -0.4 is 9.80 Å². The Morgan fingerprint density at radius 3 is 1.42 bits per heavy atom. The summed E-state index contributed by atoms with van der Waals surface area (Å²) >= 11 is 0. The van der Waals surface area contributed by atoms with Gasteiger partial charge in [0.1, 0.15) is 0 Å². The molecule has 134 valence electrons. The Balaban J connectivity index is 1.68. The number of hydrogen-bond acceptors (Lipinski definition) is 6. The zero-order valence-electron chi connectivity index (χ0n) is 14.8. The molecule has 1 aromatic heterocycles. The van der Waals surface area contributed by atoms with Crippen LogP contribution >= 0.6 is 0 Å². The van der Waals surface area contributed by atoms with Crippen molar-refractivity contribution < 1.29 is 10.2 Å². The molecule has 3 rings (SSSR count). The maximum Gasteiger partial charge on any atom is 0.171 e. The van der Waals surface area contributed by atoms with E-state index in [-0.39, 0.29) is 12.2 Å². The van der Waals surface area contributed by atoms with Crippen molar-refractivity contribution in [2.24, 2.45) is 11.8 Å². The molecule has 24 heavy (non-hydrogen) atoms. The van der Waals surface area contributed by atoms with Crippen LogP contribution in [0.4, 0.5) is 11.6 Å². The third-order valence-corrected chi connectivity index (χ3v) is 5.70. The van der Waals surface area contributed by atoms with Gasteiger partial charge in [0.25, 0.3) is 0 Å². The second kappa shape index (κ2) is 7.66. The van der Waals surface area contributed by atoms with Crippen molar-refractivity contribution in [2.75, 3.05) is 36.0 Å². The Morgan fingerprint density at radius 2 is 1.12 bits per heavy atom. The molecule has 2 aliphatic heterocycles. The van der Waals surface area contributed by atoms with Gasteiger partial charge in [-0.25, -0.2) is 9.97 Å². The lowest BCUT2D eigenvalue weighted by Gasteiger charge is -2.38. The van der Waals surface area contributed by atoms with Crippen molar-refractivity contribution in [1.29, 1.82) is 0 Å². The van der Waals surface area contributed by atoms with Crippen LogP contribution in [-0.2, 0) is 0 Å². The van der Waals surface area contributed by atoms with Crippen molar-refractivity contribution in [3.63, 3.8) is 0 Å². The first-order valence-corrected chi connectivity index (χ1v) is 9.23. The van der Waals surface area contributed by atoms with E-state index in [2.05, 4.69) is 19.8 Å². The number of anilines is 2. The third-order valence-electron chi connectivity index (χ3n) is 5.70. The fourth-order valence-electron chi connectivity index (χ4n) is 3.96. The maximum atomic E-state index is 9.79. The molecule has 0 amide bonds. The molecular weight excluding hydrogens is 304 g/mol. The number of piperidine rings is 2. The lowest BCUT2D eigenvalue weighted by Crippen LogP contribution is -2.41. The third kappa shape index (κ3) is 3.81. The summed E-state index contributed by atoms with van der Waals surface area (Å²) in [7, 11) is 0. The molecule has 2 saturated heterocycles. The van der Waals surface area contributed by atoms with Gasteiger partial charge < -0.3 is 20.0 Å². The smallest absolute Gasteiger partial charge is 0.171 e. The van der Waals surface area contributed by atoms with E-state index in [0.717, 1.165) is 63.5 Å². The molecule has 0 spiro atoms. The summed E-state index contributed by atoms with van der Waals surface area (Å²) in [4.78, 5) is 13.8. The van der Waals surface area contributed by atoms with Gasteiger partial charge in [-0.15, -0.1) is 0 Å². The van der Waals surface area contributed by atoms with Crippen LogP contribution in [0, 0.1) is 11.8 Å². The summed E-state index contributed by atoms with van der Waals surface area (Å²) in [5.74, 6) is 2.72. The van der Waals surface area contributed by atoms with E-state index < -0.39 is 0 Å². The fourth-order valence-corrected chi connectivity index (χ4v) is 3.96. The van der Waals surface area contributed by atoms with Gasteiger partial charge in [-0.2, -0.15) is 0 Å². The number of aromatic nitrogens is 2. The van der Waals surface area contributed by atoms with E-state index in [1.54, 1.807) is 12.4 Å². The standard InChI is InChI=1S/C18H30N4O2/c1-13(23)15-3-9-21(10-4-15)17-18(20-8-7-19-17)22-11-5-16(6-12-22)14(2)24/h7-8,13-16,23-24H,3-6,9-12H2,1-2H3/t13-,14-/m0/s1. The SMILES string of the molecule is C[C@H](O)C1CCN(c2nccnc2N2CCC([C@H](C)O)CC2)CC1. The summed E-state index contributed by atoms with van der Waals surface area (Å²) in [5.41, 5.74) is 0. The Bertz CT molecular complexity index is 475. The van der Waals surface area contributed by atoms with Crippen molar-refractivity contribution >= 4 is 11.6 Å². The van der Waals surface area contributed by atoms with Crippen molar-refractivity contribution in [2.45, 2.75) is 51.7 Å². The van der Waals surface area contributed by atoms with Gasteiger partial charge in [0.05, 0.1) is 12.2 Å². The monoisotopic (exact) mass is 334 g/mol. The van der Waals surface area contributed by atoms with Crippen LogP contribution in [0.25, 0.3) is 0 Å². The molecule has 0 bridgehead atoms. The average Bonchev–Trinajstić information content (AvgIpc) is 2.62. The summed E-state index contributed by atoms with van der Waals surface area (Å²) in [6.07, 6.45) is 7.07. The van der Waals surface area contributed by atoms with E-state index in [9.17, 15) is 10.2 Å². The van der Waals surface area contributed by atoms with E-state index in [4.69, 9.17) is 0 Å². The Hall–Kier alpha value is -1.40. The molecule has 3 heterocycles. The molecule has 0 radical (unpaired) electrons. The van der Waals surface area contributed by atoms with Crippen LogP contribution in [-0.4, -0.2) is 58.6 Å². The van der Waals surface area contributed by atoms with Gasteiger partial charge >= 0.3 is 0 Å². The molecule has 0 saturated carbocycles. The maximum absolute atomic E-state index is 9.79. The minimum Gasteiger partial charge on any atom is -0.393 e. The molecular formula is C18H30N4O2. The van der Waals surface area contributed by atoms with Gasteiger partial charge in [-0.05, 0) is 51.4 Å². The van der Waals surface area contributed by atoms with Crippen molar-refractivity contribution in [3.05, 3.63) is 12.4 Å². The van der Waals surface area contributed by atoms with Crippen LogP contribution in [0.1, 0.15) is 39.5 Å². The molecule has 0 unspecified atom stereocenters. The van der Waals surface area contributed by atoms with E-state index >= 15 is 0 Å². The van der Waals surface area contributed by atoms with E-state index in [1.165, 1.54) is 0 Å². The highest BCUT2D eigenvalue weighted by atomic mass is 16.3. The van der Waals surface area contributed by atoms with Gasteiger partial charge in [0.2, 0.25) is 0 Å². The minimum atomic E-state index is -0.229. The minimum absolute atomic E-state index is 0.229. The van der Waals surface area contributed by atoms with Crippen LogP contribution in [0.3, 0.4) is 0 Å². The number of aliphatic hydroxyl groups excluding tert-OH is 2. The highest BCUT2D eigenvalue weighted by Crippen LogP contribution is 2.32. The van der Waals surface area contributed by atoms with Crippen LogP contribution in [0.2, 0.25) is 0 Å². The highest BCUT2D eigenvalue weighted by Gasteiger charge is 2.29. The first-order chi connectivity index (χ1) is 11.6. The fraction of sp³-hybridized carbons (Fsp3) is 0.778. The molecule has 2 aliphatic rings. The van der Waals surface area contributed by atoms with Crippen molar-refractivity contribution in [1.82, 2.24) is 9.97 Å². The molecule has 6 heteroatoms. The van der Waals surface area contributed by atoms with E-state index in [0.29, 0.717) is 11.8 Å². The number of hydrogen-bond donors (Lipinski definition) is 2. The van der Waals surface area contributed by atoms with Crippen LogP contribution in [0.15, 0.2) is 12.4 Å². The largest absolute Gasteiger partial charge is 0.393 e. The normalized spacial score (nSPS) is 23.3. The zero-order valence-corrected chi connectivity index (χ0v) is 14.8. The summed E-state index contributed by atoms with van der Waals surface area (Å²) in [6, 6.07) is 0. The average molecular weight is 334 g/mol. The molecule has 2 fully saturated rings.